The van der Waals surface area contributed by atoms with Crippen molar-refractivity contribution >= 4 is 12.1 Å². The Balaban J connectivity index is 2.71. The maximum Gasteiger partial charge on any atom is 0.404 e. The van der Waals surface area contributed by atoms with E-state index in [-0.39, 0.29) is 41.7 Å². The van der Waals surface area contributed by atoms with Gasteiger partial charge in [0.05, 0.1) is 18.3 Å². The van der Waals surface area contributed by atoms with Crippen molar-refractivity contribution in [1.82, 2.24) is 0 Å². The van der Waals surface area contributed by atoms with Crippen LogP contribution in [0, 0.1) is 29.6 Å². The van der Waals surface area contributed by atoms with E-state index in [0.29, 0.717) is 19.3 Å². The number of carbonyl (C=O) groups excluding carboxylic acids is 2. The zero-order valence-corrected chi connectivity index (χ0v) is 24.5. The highest BCUT2D eigenvalue weighted by Gasteiger charge is 2.33. The van der Waals surface area contributed by atoms with Gasteiger partial charge in [-0.15, -0.1) is 0 Å². The molecule has 0 aliphatic carbocycles. The molecule has 0 radical (unpaired) electrons. The molecular formula is C31H51NO7. The van der Waals surface area contributed by atoms with Crippen LogP contribution >= 0.6 is 0 Å². The number of primary amides is 1. The number of hydrogen-bond acceptors (Lipinski definition) is 7. The third kappa shape index (κ3) is 12.5. The largest absolute Gasteiger partial charge is 0.462 e. The summed E-state index contributed by atoms with van der Waals surface area (Å²) in [7, 11) is 0. The van der Waals surface area contributed by atoms with E-state index in [1.54, 1.807) is 24.3 Å². The molecule has 5 unspecified atom stereocenters. The zero-order chi connectivity index (χ0) is 29.7. The summed E-state index contributed by atoms with van der Waals surface area (Å²) in [5.41, 5.74) is 6.32. The SMILES string of the molecule is C=C/C=C\[C@H](C)C(OC(N)=O)C(C)C(O)C(C)C/C(C)=C\[C@H](C)[C@@H](O)[C@@H](C)/C=C\C(O)C[C@H]1CCCC(=O)O1. The van der Waals surface area contributed by atoms with Crippen molar-refractivity contribution in [3.05, 3.63) is 48.6 Å². The maximum atomic E-state index is 11.5. The molecule has 0 aromatic heterocycles. The summed E-state index contributed by atoms with van der Waals surface area (Å²) in [6, 6.07) is 0. The normalized spacial score (nSPS) is 23.8. The molecule has 222 valence electrons. The Morgan fingerprint density at radius 1 is 1.08 bits per heavy atom. The molecule has 39 heavy (non-hydrogen) atoms. The van der Waals surface area contributed by atoms with E-state index in [4.69, 9.17) is 15.2 Å². The summed E-state index contributed by atoms with van der Waals surface area (Å²) >= 11 is 0. The Kier molecular flexibility index (Phi) is 15.4. The van der Waals surface area contributed by atoms with E-state index >= 15 is 0 Å². The highest BCUT2D eigenvalue weighted by Crippen LogP contribution is 2.29. The molecule has 1 aliphatic rings. The van der Waals surface area contributed by atoms with Gasteiger partial charge in [0.15, 0.2) is 0 Å². The molecule has 0 bridgehead atoms. The Morgan fingerprint density at radius 2 is 1.74 bits per heavy atom. The fraction of sp³-hybridized carbons (Fsp3) is 0.677. The summed E-state index contributed by atoms with van der Waals surface area (Å²) < 4.78 is 10.6. The first-order valence-corrected chi connectivity index (χ1v) is 14.1. The fourth-order valence-electron chi connectivity index (χ4n) is 5.34. The Bertz CT molecular complexity index is 867. The average molecular weight is 550 g/mol. The van der Waals surface area contributed by atoms with Gasteiger partial charge in [0.2, 0.25) is 0 Å². The molecule has 8 heteroatoms. The van der Waals surface area contributed by atoms with Crippen LogP contribution < -0.4 is 5.73 Å². The molecule has 5 N–H and O–H groups in total. The van der Waals surface area contributed by atoms with Gasteiger partial charge in [-0.3, -0.25) is 4.79 Å². The van der Waals surface area contributed by atoms with E-state index in [1.807, 2.05) is 53.7 Å². The maximum absolute atomic E-state index is 11.5. The molecule has 10 atom stereocenters. The van der Waals surface area contributed by atoms with Gasteiger partial charge in [0, 0.05) is 36.5 Å². The minimum atomic E-state index is -0.877. The van der Waals surface area contributed by atoms with E-state index in [2.05, 4.69) is 6.58 Å². The van der Waals surface area contributed by atoms with Crippen molar-refractivity contribution in [2.24, 2.45) is 35.3 Å². The lowest BCUT2D eigenvalue weighted by Crippen LogP contribution is -2.41. The van der Waals surface area contributed by atoms with Crippen LogP contribution in [-0.4, -0.2) is 57.9 Å². The van der Waals surface area contributed by atoms with Crippen molar-refractivity contribution in [3.8, 4) is 0 Å². The monoisotopic (exact) mass is 549 g/mol. The van der Waals surface area contributed by atoms with Crippen molar-refractivity contribution in [2.45, 2.75) is 104 Å². The summed E-state index contributed by atoms with van der Waals surface area (Å²) in [5.74, 6) is -1.22. The zero-order valence-electron chi connectivity index (χ0n) is 24.5. The predicted octanol–water partition coefficient (Wildman–Crippen LogP) is 4.83. The number of amides is 1. The van der Waals surface area contributed by atoms with Crippen molar-refractivity contribution in [3.63, 3.8) is 0 Å². The third-order valence-electron chi connectivity index (χ3n) is 7.58. The Labute approximate surface area is 234 Å². The van der Waals surface area contributed by atoms with Gasteiger partial charge >= 0.3 is 12.1 Å². The number of rotatable bonds is 16. The third-order valence-corrected chi connectivity index (χ3v) is 7.58. The molecule has 1 fully saturated rings. The number of carbonyl (C=O) groups is 2. The number of nitrogens with two attached hydrogens (primary N) is 1. The van der Waals surface area contributed by atoms with Crippen LogP contribution in [-0.2, 0) is 14.3 Å². The van der Waals surface area contributed by atoms with E-state index in [9.17, 15) is 24.9 Å². The van der Waals surface area contributed by atoms with E-state index in [0.717, 1.165) is 18.4 Å². The number of aliphatic hydroxyl groups is 3. The summed E-state index contributed by atoms with van der Waals surface area (Å²) in [6.07, 6.45) is 9.78. The quantitative estimate of drug-likeness (QED) is 0.123. The van der Waals surface area contributed by atoms with Crippen LogP contribution in [0.2, 0.25) is 0 Å². The number of cyclic esters (lactones) is 1. The summed E-state index contributed by atoms with van der Waals surface area (Å²) in [4.78, 5) is 22.9. The van der Waals surface area contributed by atoms with Gasteiger partial charge in [0.25, 0.3) is 0 Å². The average Bonchev–Trinajstić information content (AvgIpc) is 2.87. The number of allylic oxidation sites excluding steroid dienone is 3. The topological polar surface area (TPSA) is 139 Å². The highest BCUT2D eigenvalue weighted by atomic mass is 16.6. The van der Waals surface area contributed by atoms with Crippen LogP contribution in [0.15, 0.2) is 48.6 Å². The molecule has 1 aliphatic heterocycles. The number of ether oxygens (including phenoxy) is 2. The molecule has 1 heterocycles. The van der Waals surface area contributed by atoms with Crippen LogP contribution in [0.4, 0.5) is 4.79 Å². The lowest BCUT2D eigenvalue weighted by Gasteiger charge is -2.33. The minimum absolute atomic E-state index is 0.128. The first-order valence-electron chi connectivity index (χ1n) is 14.1. The molecular weight excluding hydrogens is 498 g/mol. The second-order valence-electron chi connectivity index (χ2n) is 11.3. The highest BCUT2D eigenvalue weighted by molar-refractivity contribution is 5.70. The summed E-state index contributed by atoms with van der Waals surface area (Å²) in [6.45, 7) is 15.1. The van der Waals surface area contributed by atoms with E-state index in [1.165, 1.54) is 0 Å². The van der Waals surface area contributed by atoms with Crippen LogP contribution in [0.3, 0.4) is 0 Å². The standard InChI is InChI=1S/C31H51NO7/c1-8-9-11-21(4)30(39-31(32)37)24(7)29(36)23(6)17-19(2)16-22(5)28(35)20(3)14-15-25(33)18-26-12-10-13-27(34)38-26/h8-9,11,14-16,20-26,28-30,33,35-36H,1,10,12-13,17-18H2,2-7H3,(H2,32,37)/b11-9-,15-14-,19-16-/t20-,21-,22-,23?,24?,25?,26+,28-,29?,30?/m0/s1. The smallest absolute Gasteiger partial charge is 0.404 e. The molecule has 1 rings (SSSR count). The Morgan fingerprint density at radius 3 is 2.33 bits per heavy atom. The molecule has 1 saturated heterocycles. The van der Waals surface area contributed by atoms with Crippen LogP contribution in [0.5, 0.6) is 0 Å². The second kappa shape index (κ2) is 17.3. The predicted molar refractivity (Wildman–Crippen MR) is 153 cm³/mol. The molecule has 8 nitrogen and oxygen atoms in total. The molecule has 1 amide bonds. The van der Waals surface area contributed by atoms with Crippen molar-refractivity contribution in [1.29, 1.82) is 0 Å². The minimum Gasteiger partial charge on any atom is -0.462 e. The number of hydrogen-bond donors (Lipinski definition) is 4. The second-order valence-corrected chi connectivity index (χ2v) is 11.3. The molecule has 0 spiro atoms. The number of aliphatic hydroxyl groups excluding tert-OH is 3. The lowest BCUT2D eigenvalue weighted by molar-refractivity contribution is -0.154. The van der Waals surface area contributed by atoms with Crippen LogP contribution in [0.1, 0.15) is 73.6 Å². The van der Waals surface area contributed by atoms with Gasteiger partial charge in [-0.05, 0) is 32.1 Å². The molecule has 0 aromatic rings. The van der Waals surface area contributed by atoms with Crippen LogP contribution in [0.25, 0.3) is 0 Å². The van der Waals surface area contributed by atoms with Crippen molar-refractivity contribution in [2.75, 3.05) is 0 Å². The van der Waals surface area contributed by atoms with Gasteiger partial charge in [-0.25, -0.2) is 4.79 Å². The Hall–Kier alpha value is -2.42. The van der Waals surface area contributed by atoms with Gasteiger partial charge in [-0.2, -0.15) is 0 Å². The lowest BCUT2D eigenvalue weighted by atomic mass is 9.81. The first kappa shape index (κ1) is 34.6. The summed E-state index contributed by atoms with van der Waals surface area (Å²) in [5, 5.41) is 32.2. The molecule has 0 saturated carbocycles. The van der Waals surface area contributed by atoms with Crippen molar-refractivity contribution < 1.29 is 34.4 Å². The molecule has 0 aromatic carbocycles. The van der Waals surface area contributed by atoms with Gasteiger partial charge < -0.3 is 30.5 Å². The fourth-order valence-corrected chi connectivity index (χ4v) is 5.34. The van der Waals surface area contributed by atoms with Gasteiger partial charge in [-0.1, -0.05) is 83.2 Å². The first-order chi connectivity index (χ1) is 18.3. The van der Waals surface area contributed by atoms with Gasteiger partial charge in [0.1, 0.15) is 12.2 Å². The van der Waals surface area contributed by atoms with E-state index < -0.39 is 30.5 Å². The number of esters is 1.